The number of aromatic nitrogens is 1. The first-order valence-corrected chi connectivity index (χ1v) is 10.3. The third-order valence-electron chi connectivity index (χ3n) is 4.65. The Morgan fingerprint density at radius 3 is 2.64 bits per heavy atom. The Labute approximate surface area is 149 Å². The largest absolute Gasteiger partial charge is 0.466 e. The normalized spacial score (nSPS) is 15.6. The summed E-state index contributed by atoms with van der Waals surface area (Å²) in [7, 11) is -3.39. The van der Waals surface area contributed by atoms with Gasteiger partial charge in [-0.3, -0.25) is 4.79 Å². The van der Waals surface area contributed by atoms with Crippen LogP contribution in [-0.2, 0) is 24.8 Å². The van der Waals surface area contributed by atoms with Crippen molar-refractivity contribution in [3.63, 3.8) is 0 Å². The summed E-state index contributed by atoms with van der Waals surface area (Å²) in [5, 5.41) is 0. The number of rotatable bonds is 8. The van der Waals surface area contributed by atoms with Crippen molar-refractivity contribution in [2.45, 2.75) is 63.7 Å². The number of aliphatic imine (C=N–C) groups is 1. The second-order valence-electron chi connectivity index (χ2n) is 6.80. The number of sulfone groups is 1. The van der Waals surface area contributed by atoms with E-state index in [9.17, 15) is 13.2 Å². The molecule has 0 unspecified atom stereocenters. The van der Waals surface area contributed by atoms with E-state index in [4.69, 9.17) is 4.74 Å². The Hall–Kier alpha value is -1.76. The lowest BCUT2D eigenvalue weighted by atomic mass is 9.83. The average molecular weight is 366 g/mol. The molecule has 0 N–H and O–H groups in total. The van der Waals surface area contributed by atoms with E-state index < -0.39 is 9.84 Å². The van der Waals surface area contributed by atoms with Gasteiger partial charge < -0.3 is 4.74 Å². The lowest BCUT2D eigenvalue weighted by Gasteiger charge is -2.19. The van der Waals surface area contributed by atoms with Crippen LogP contribution < -0.4 is 0 Å². The highest BCUT2D eigenvalue weighted by Crippen LogP contribution is 2.39. The van der Waals surface area contributed by atoms with Crippen LogP contribution in [0.5, 0.6) is 0 Å². The second kappa shape index (κ2) is 7.64. The molecule has 0 saturated heterocycles. The van der Waals surface area contributed by atoms with E-state index in [1.165, 1.54) is 6.20 Å². The predicted molar refractivity (Wildman–Crippen MR) is 97.2 cm³/mol. The molecule has 0 aromatic carbocycles. The fourth-order valence-electron chi connectivity index (χ4n) is 2.74. The van der Waals surface area contributed by atoms with Crippen LogP contribution in [-0.4, -0.2) is 37.4 Å². The van der Waals surface area contributed by atoms with Crippen LogP contribution in [0.1, 0.15) is 58.9 Å². The fourth-order valence-corrected chi connectivity index (χ4v) is 4.07. The zero-order valence-electron chi connectivity index (χ0n) is 15.3. The van der Waals surface area contributed by atoms with Gasteiger partial charge in [0.25, 0.3) is 0 Å². The molecule has 0 radical (unpaired) electrons. The van der Waals surface area contributed by atoms with Crippen molar-refractivity contribution in [1.29, 1.82) is 0 Å². The van der Waals surface area contributed by atoms with E-state index in [2.05, 4.69) is 9.98 Å². The monoisotopic (exact) mass is 366 g/mol. The fraction of sp³-hybridized carbons (Fsp3) is 0.611. The molecule has 6 nitrogen and oxygen atoms in total. The Balaban J connectivity index is 1.96. The molecule has 0 aliphatic carbocycles. The van der Waals surface area contributed by atoms with E-state index in [1.54, 1.807) is 13.0 Å². The van der Waals surface area contributed by atoms with Crippen LogP contribution in [0.25, 0.3) is 0 Å². The molecule has 0 amide bonds. The zero-order chi connectivity index (χ0) is 18.7. The van der Waals surface area contributed by atoms with Gasteiger partial charge in [0.05, 0.1) is 17.3 Å². The molecule has 1 aromatic heterocycles. The Kier molecular flexibility index (Phi) is 5.98. The van der Waals surface area contributed by atoms with E-state index in [-0.39, 0.29) is 22.0 Å². The van der Waals surface area contributed by atoms with Crippen molar-refractivity contribution in [2.75, 3.05) is 12.4 Å². The number of unbranched alkanes of at least 4 members (excludes halogenated alkanes) is 2. The lowest BCUT2D eigenvalue weighted by molar-refractivity contribution is -0.143. The number of carbonyl (C=O) groups excluding carboxylic acids is 1. The molecular formula is C18H26N2O4S. The van der Waals surface area contributed by atoms with Gasteiger partial charge in [-0.15, -0.1) is 0 Å². The lowest BCUT2D eigenvalue weighted by Crippen LogP contribution is -2.23. The molecule has 1 aromatic rings. The first-order valence-electron chi connectivity index (χ1n) is 8.63. The molecule has 1 aliphatic rings. The molecule has 138 valence electrons. The van der Waals surface area contributed by atoms with Gasteiger partial charge in [-0.05, 0) is 32.8 Å². The Morgan fingerprint density at radius 1 is 1.24 bits per heavy atom. The predicted octanol–water partition coefficient (Wildman–Crippen LogP) is 3.36. The first-order chi connectivity index (χ1) is 11.7. The number of carbonyl (C=O) groups is 1. The van der Waals surface area contributed by atoms with Gasteiger partial charge in [0, 0.05) is 29.3 Å². The highest BCUT2D eigenvalue weighted by atomic mass is 32.2. The highest BCUT2D eigenvalue weighted by molar-refractivity contribution is 7.91. The molecule has 7 heteroatoms. The van der Waals surface area contributed by atoms with Crippen LogP contribution >= 0.6 is 0 Å². The van der Waals surface area contributed by atoms with Crippen molar-refractivity contribution in [1.82, 2.24) is 4.98 Å². The maximum absolute atomic E-state index is 12.6. The maximum atomic E-state index is 12.6. The average Bonchev–Trinajstić information content (AvgIpc) is 2.76. The Morgan fingerprint density at radius 2 is 1.96 bits per heavy atom. The molecule has 2 rings (SSSR count). The standard InChI is InChI=1S/C18H26N2O4S/c1-5-24-16(21)9-7-6-8-10-25(22,23)14-11-15-17(19-12-14)20-13(2)18(15,3)4/h11-12H,5-10H2,1-4H3. The van der Waals surface area contributed by atoms with Gasteiger partial charge in [-0.1, -0.05) is 20.3 Å². The SMILES string of the molecule is CCOC(=O)CCCCCS(=O)(=O)c1cnc2c(c1)C(C)(C)C(C)=N2. The molecule has 0 fully saturated rings. The number of nitrogens with zero attached hydrogens (tertiary/aromatic N) is 2. The number of ether oxygens (including phenoxy) is 1. The van der Waals surface area contributed by atoms with Gasteiger partial charge in [0.15, 0.2) is 15.7 Å². The summed E-state index contributed by atoms with van der Waals surface area (Å²) in [6, 6.07) is 1.70. The summed E-state index contributed by atoms with van der Waals surface area (Å²) >= 11 is 0. The van der Waals surface area contributed by atoms with Crippen LogP contribution in [0.3, 0.4) is 0 Å². The van der Waals surface area contributed by atoms with E-state index >= 15 is 0 Å². The second-order valence-corrected chi connectivity index (χ2v) is 8.91. The van der Waals surface area contributed by atoms with Crippen molar-refractivity contribution in [3.8, 4) is 0 Å². The van der Waals surface area contributed by atoms with E-state index in [0.717, 1.165) is 11.3 Å². The summed E-state index contributed by atoms with van der Waals surface area (Å²) in [6.45, 7) is 8.11. The number of pyridine rings is 1. The minimum absolute atomic E-state index is 0.0521. The number of hydrogen-bond acceptors (Lipinski definition) is 6. The summed E-state index contributed by atoms with van der Waals surface area (Å²) in [4.78, 5) is 20.2. The van der Waals surface area contributed by atoms with Gasteiger partial charge in [0.1, 0.15) is 0 Å². The summed E-state index contributed by atoms with van der Waals surface area (Å²) < 4.78 is 30.0. The molecule has 0 spiro atoms. The minimum Gasteiger partial charge on any atom is -0.466 e. The van der Waals surface area contributed by atoms with E-state index in [0.29, 0.717) is 38.1 Å². The molecule has 1 aliphatic heterocycles. The number of fused-ring (bicyclic) bond motifs is 1. The Bertz CT molecular complexity index is 782. The minimum atomic E-state index is -3.39. The molecule has 0 atom stereocenters. The van der Waals surface area contributed by atoms with Crippen LogP contribution in [0, 0.1) is 0 Å². The summed E-state index contributed by atoms with van der Waals surface area (Å²) in [6.07, 6.45) is 3.54. The van der Waals surface area contributed by atoms with Crippen molar-refractivity contribution >= 4 is 27.3 Å². The van der Waals surface area contributed by atoms with Gasteiger partial charge >= 0.3 is 5.97 Å². The third kappa shape index (κ3) is 4.45. The van der Waals surface area contributed by atoms with E-state index in [1.807, 2.05) is 20.8 Å². The van der Waals surface area contributed by atoms with Crippen LogP contribution in [0.4, 0.5) is 5.82 Å². The smallest absolute Gasteiger partial charge is 0.305 e. The van der Waals surface area contributed by atoms with Crippen molar-refractivity contribution < 1.29 is 17.9 Å². The summed E-state index contributed by atoms with van der Waals surface area (Å²) in [5.41, 5.74) is 1.49. The molecule has 0 bridgehead atoms. The number of esters is 1. The molecular weight excluding hydrogens is 340 g/mol. The first kappa shape index (κ1) is 19.6. The summed E-state index contributed by atoms with van der Waals surface area (Å²) in [5.74, 6) is 0.429. The highest BCUT2D eigenvalue weighted by Gasteiger charge is 2.34. The van der Waals surface area contributed by atoms with Crippen molar-refractivity contribution in [3.05, 3.63) is 17.8 Å². The molecule has 0 saturated carbocycles. The third-order valence-corrected chi connectivity index (χ3v) is 6.42. The molecule has 2 heterocycles. The van der Waals surface area contributed by atoms with Crippen LogP contribution in [0.2, 0.25) is 0 Å². The number of hydrogen-bond donors (Lipinski definition) is 0. The van der Waals surface area contributed by atoms with Gasteiger partial charge in [-0.25, -0.2) is 18.4 Å². The van der Waals surface area contributed by atoms with Crippen LogP contribution in [0.15, 0.2) is 22.2 Å². The maximum Gasteiger partial charge on any atom is 0.305 e. The quantitative estimate of drug-likeness (QED) is 0.520. The molecule has 25 heavy (non-hydrogen) atoms. The van der Waals surface area contributed by atoms with Crippen molar-refractivity contribution in [2.24, 2.45) is 4.99 Å². The zero-order valence-corrected chi connectivity index (χ0v) is 16.1. The topological polar surface area (TPSA) is 85.7 Å². The van der Waals surface area contributed by atoms with Gasteiger partial charge in [0.2, 0.25) is 0 Å². The van der Waals surface area contributed by atoms with Gasteiger partial charge in [-0.2, -0.15) is 0 Å².